The number of hydrogen-bond donors (Lipinski definition) is 0. The van der Waals surface area contributed by atoms with E-state index in [-0.39, 0.29) is 23.9 Å². The number of hydrogen-bond acceptors (Lipinski definition) is 6. The van der Waals surface area contributed by atoms with Crippen molar-refractivity contribution < 1.29 is 22.7 Å². The van der Waals surface area contributed by atoms with Gasteiger partial charge in [-0.15, -0.1) is 11.3 Å². The number of amides is 1. The number of rotatable bonds is 3. The maximum Gasteiger partial charge on any atom is 0.264 e. The van der Waals surface area contributed by atoms with Crippen LogP contribution in [0.3, 0.4) is 0 Å². The van der Waals surface area contributed by atoms with E-state index < -0.39 is 10.0 Å². The quantitative estimate of drug-likeness (QED) is 0.701. The molecule has 1 saturated heterocycles. The molecule has 5 rings (SSSR count). The Morgan fingerprint density at radius 2 is 1.65 bits per heavy atom. The van der Waals surface area contributed by atoms with Crippen LogP contribution in [0.4, 0.5) is 0 Å². The van der Waals surface area contributed by atoms with E-state index in [1.54, 1.807) is 34.4 Å². The number of sulfonamides is 1. The van der Waals surface area contributed by atoms with Gasteiger partial charge >= 0.3 is 0 Å². The third kappa shape index (κ3) is 4.06. The molecule has 2 aromatic rings. The van der Waals surface area contributed by atoms with E-state index in [0.717, 1.165) is 24.1 Å². The second kappa shape index (κ2) is 8.44. The van der Waals surface area contributed by atoms with Crippen molar-refractivity contribution >= 4 is 27.3 Å². The molecule has 7 nitrogen and oxygen atoms in total. The minimum absolute atomic E-state index is 0.0204. The number of carbonyl (C=O) groups excluding carboxylic acids is 1. The van der Waals surface area contributed by atoms with Crippen LogP contribution in [0, 0.1) is 0 Å². The first-order chi connectivity index (χ1) is 15.0. The molecular formula is C22H26N2O5S2. The van der Waals surface area contributed by atoms with Crippen LogP contribution in [0.5, 0.6) is 11.5 Å². The third-order valence-corrected chi connectivity index (χ3v) is 9.21. The Labute approximate surface area is 186 Å². The molecule has 2 aliphatic heterocycles. The van der Waals surface area contributed by atoms with Gasteiger partial charge in [0.15, 0.2) is 11.5 Å². The van der Waals surface area contributed by atoms with Gasteiger partial charge in [0, 0.05) is 43.5 Å². The molecule has 0 N–H and O–H groups in total. The lowest BCUT2D eigenvalue weighted by molar-refractivity contribution is 0.0702. The summed E-state index contributed by atoms with van der Waals surface area (Å²) >= 11 is 1.61. The molecule has 0 radical (unpaired) electrons. The predicted molar refractivity (Wildman–Crippen MR) is 118 cm³/mol. The van der Waals surface area contributed by atoms with Gasteiger partial charge in [-0.25, -0.2) is 8.42 Å². The lowest BCUT2D eigenvalue weighted by atomic mass is 9.99. The summed E-state index contributed by atoms with van der Waals surface area (Å²) in [5, 5.41) is 0. The first-order valence-electron chi connectivity index (χ1n) is 10.8. The van der Waals surface area contributed by atoms with Gasteiger partial charge in [-0.1, -0.05) is 0 Å². The SMILES string of the molecule is O=C(c1cc2c(s1)CCCC2)N1CCN(S(=O)(=O)c2ccc3c(c2)OCCCO3)CC1. The van der Waals surface area contributed by atoms with E-state index in [1.807, 2.05) is 6.07 Å². The van der Waals surface area contributed by atoms with Gasteiger partial charge in [-0.3, -0.25) is 4.79 Å². The van der Waals surface area contributed by atoms with Crippen LogP contribution < -0.4 is 9.47 Å². The van der Waals surface area contributed by atoms with E-state index in [0.29, 0.717) is 37.8 Å². The monoisotopic (exact) mass is 462 g/mol. The fourth-order valence-corrected chi connectivity index (χ4v) is 7.00. The van der Waals surface area contributed by atoms with Gasteiger partial charge in [0.2, 0.25) is 10.0 Å². The van der Waals surface area contributed by atoms with Crippen molar-refractivity contribution in [1.82, 2.24) is 9.21 Å². The van der Waals surface area contributed by atoms with Gasteiger partial charge in [0.25, 0.3) is 5.91 Å². The van der Waals surface area contributed by atoms with Crippen molar-refractivity contribution in [3.63, 3.8) is 0 Å². The second-order valence-corrected chi connectivity index (χ2v) is 11.2. The minimum atomic E-state index is -3.66. The average Bonchev–Trinajstić information content (AvgIpc) is 3.09. The normalized spacial score (nSPS) is 19.5. The Bertz CT molecular complexity index is 1060. The molecule has 0 spiro atoms. The Morgan fingerprint density at radius 1 is 0.903 bits per heavy atom. The maximum absolute atomic E-state index is 13.2. The van der Waals surface area contributed by atoms with E-state index in [2.05, 4.69) is 0 Å². The van der Waals surface area contributed by atoms with Crippen LogP contribution in [0.1, 0.15) is 39.4 Å². The van der Waals surface area contributed by atoms with Gasteiger partial charge in [0.1, 0.15) is 0 Å². The maximum atomic E-state index is 13.2. The molecule has 0 unspecified atom stereocenters. The number of fused-ring (bicyclic) bond motifs is 2. The average molecular weight is 463 g/mol. The second-order valence-electron chi connectivity index (χ2n) is 8.12. The van der Waals surface area contributed by atoms with Crippen LogP contribution in [0.25, 0.3) is 0 Å². The summed E-state index contributed by atoms with van der Waals surface area (Å²) in [5.41, 5.74) is 1.32. The largest absolute Gasteiger partial charge is 0.490 e. The molecule has 31 heavy (non-hydrogen) atoms. The number of piperazine rings is 1. The Balaban J connectivity index is 1.27. The minimum Gasteiger partial charge on any atom is -0.490 e. The van der Waals surface area contributed by atoms with Crippen molar-refractivity contribution in [2.24, 2.45) is 0 Å². The van der Waals surface area contributed by atoms with Gasteiger partial charge in [-0.2, -0.15) is 4.31 Å². The van der Waals surface area contributed by atoms with E-state index in [9.17, 15) is 13.2 Å². The third-order valence-electron chi connectivity index (χ3n) is 6.09. The topological polar surface area (TPSA) is 76.2 Å². The number of ether oxygens (including phenoxy) is 2. The lowest BCUT2D eigenvalue weighted by Gasteiger charge is -2.33. The summed E-state index contributed by atoms with van der Waals surface area (Å²) < 4.78 is 39.0. The zero-order valence-electron chi connectivity index (χ0n) is 17.3. The zero-order valence-corrected chi connectivity index (χ0v) is 19.0. The highest BCUT2D eigenvalue weighted by molar-refractivity contribution is 7.89. The first-order valence-corrected chi connectivity index (χ1v) is 13.1. The van der Waals surface area contributed by atoms with Crippen LogP contribution >= 0.6 is 11.3 Å². The molecule has 3 heterocycles. The fraction of sp³-hybridized carbons (Fsp3) is 0.500. The van der Waals surface area contributed by atoms with Crippen molar-refractivity contribution in [3.8, 4) is 11.5 Å². The molecule has 1 aromatic carbocycles. The molecule has 1 fully saturated rings. The van der Waals surface area contributed by atoms with Gasteiger partial charge in [-0.05, 0) is 49.4 Å². The summed E-state index contributed by atoms with van der Waals surface area (Å²) in [7, 11) is -3.66. The first kappa shape index (κ1) is 20.8. The van der Waals surface area contributed by atoms with Crippen molar-refractivity contribution in [2.45, 2.75) is 37.0 Å². The van der Waals surface area contributed by atoms with Crippen LogP contribution in [0.15, 0.2) is 29.2 Å². The Morgan fingerprint density at radius 3 is 2.42 bits per heavy atom. The van der Waals surface area contributed by atoms with Crippen molar-refractivity contribution in [1.29, 1.82) is 0 Å². The number of aryl methyl sites for hydroxylation is 2. The highest BCUT2D eigenvalue weighted by Gasteiger charge is 2.32. The smallest absolute Gasteiger partial charge is 0.264 e. The summed E-state index contributed by atoms with van der Waals surface area (Å²) in [6.45, 7) is 2.42. The van der Waals surface area contributed by atoms with Gasteiger partial charge < -0.3 is 14.4 Å². The van der Waals surface area contributed by atoms with E-state index in [4.69, 9.17) is 9.47 Å². The van der Waals surface area contributed by atoms with Crippen molar-refractivity contribution in [2.75, 3.05) is 39.4 Å². The molecule has 1 amide bonds. The Kier molecular flexibility index (Phi) is 5.66. The summed E-state index contributed by atoms with van der Waals surface area (Å²) in [4.78, 5) is 17.1. The lowest BCUT2D eigenvalue weighted by Crippen LogP contribution is -2.50. The van der Waals surface area contributed by atoms with Crippen molar-refractivity contribution in [3.05, 3.63) is 39.6 Å². The van der Waals surface area contributed by atoms with Crippen LogP contribution in [-0.4, -0.2) is 62.9 Å². The molecule has 3 aliphatic rings. The molecule has 0 saturated carbocycles. The standard InChI is InChI=1S/C22H26N2O5S2/c25-22(21-14-16-4-1-2-5-20(16)30-21)23-8-10-24(11-9-23)31(26,27)17-6-7-18-19(15-17)29-13-3-12-28-18/h6-7,14-15H,1-5,8-13H2. The number of nitrogens with zero attached hydrogens (tertiary/aromatic N) is 2. The summed E-state index contributed by atoms with van der Waals surface area (Å²) in [6, 6.07) is 6.81. The number of thiophene rings is 1. The molecule has 166 valence electrons. The molecule has 1 aliphatic carbocycles. The highest BCUT2D eigenvalue weighted by atomic mass is 32.2. The Hall–Kier alpha value is -2.10. The number of carbonyl (C=O) groups is 1. The molecule has 9 heteroatoms. The van der Waals surface area contributed by atoms with E-state index in [1.165, 1.54) is 27.6 Å². The highest BCUT2D eigenvalue weighted by Crippen LogP contribution is 2.34. The molecule has 1 aromatic heterocycles. The summed E-state index contributed by atoms with van der Waals surface area (Å²) in [5.74, 6) is 1.06. The number of benzene rings is 1. The molecule has 0 bridgehead atoms. The van der Waals surface area contributed by atoms with E-state index >= 15 is 0 Å². The fourth-order valence-electron chi connectivity index (χ4n) is 4.34. The predicted octanol–water partition coefficient (Wildman–Crippen LogP) is 2.93. The summed E-state index contributed by atoms with van der Waals surface area (Å²) in [6.07, 6.45) is 5.26. The molecular weight excluding hydrogens is 436 g/mol. The molecule has 0 atom stereocenters. The van der Waals surface area contributed by atoms with Crippen LogP contribution in [-0.2, 0) is 22.9 Å². The zero-order chi connectivity index (χ0) is 21.4. The van der Waals surface area contributed by atoms with Crippen LogP contribution in [0.2, 0.25) is 0 Å². The van der Waals surface area contributed by atoms with Gasteiger partial charge in [0.05, 0.1) is 23.0 Å².